The van der Waals surface area contributed by atoms with Crippen molar-refractivity contribution in [2.75, 3.05) is 6.67 Å². The summed E-state index contributed by atoms with van der Waals surface area (Å²) in [5.74, 6) is 0. The fourth-order valence-corrected chi connectivity index (χ4v) is 2.14. The number of hydrogen-bond donors (Lipinski definition) is 0. The van der Waals surface area contributed by atoms with Crippen LogP contribution in [0.25, 0.3) is 0 Å². The largest absolute Gasteiger partial charge is 0.415 e. The highest BCUT2D eigenvalue weighted by atomic mass is 28.4. The molecule has 0 amide bonds. The van der Waals surface area contributed by atoms with Crippen molar-refractivity contribution in [1.82, 2.24) is 0 Å². The predicted molar refractivity (Wildman–Crippen MR) is 44.5 cm³/mol. The van der Waals surface area contributed by atoms with E-state index in [1.165, 1.54) is 0 Å². The molecule has 3 heteroatoms. The summed E-state index contributed by atoms with van der Waals surface area (Å²) in [6, 6.07) is 0. The van der Waals surface area contributed by atoms with Gasteiger partial charge >= 0.3 is 0 Å². The molecule has 0 fully saturated rings. The van der Waals surface area contributed by atoms with Crippen LogP contribution in [0.2, 0.25) is 19.6 Å². The van der Waals surface area contributed by atoms with Crippen LogP contribution in [0.1, 0.15) is 13.3 Å². The Labute approximate surface area is 63.7 Å². The van der Waals surface area contributed by atoms with Crippen LogP contribution < -0.4 is 0 Å². The Balaban J connectivity index is 3.47. The monoisotopic (exact) mass is 164 g/mol. The molecule has 1 unspecified atom stereocenters. The summed E-state index contributed by atoms with van der Waals surface area (Å²) in [4.78, 5) is 0. The Morgan fingerprint density at radius 3 is 2.20 bits per heavy atom. The van der Waals surface area contributed by atoms with E-state index in [2.05, 4.69) is 19.6 Å². The zero-order valence-corrected chi connectivity index (χ0v) is 8.28. The van der Waals surface area contributed by atoms with E-state index in [4.69, 9.17) is 4.43 Å². The van der Waals surface area contributed by atoms with E-state index < -0.39 is 8.32 Å². The quantitative estimate of drug-likeness (QED) is 0.580. The first-order valence-corrected chi connectivity index (χ1v) is 7.10. The van der Waals surface area contributed by atoms with Crippen LogP contribution >= 0.6 is 0 Å². The van der Waals surface area contributed by atoms with Gasteiger partial charge in [-0.3, -0.25) is 4.39 Å². The first-order chi connectivity index (χ1) is 4.45. The van der Waals surface area contributed by atoms with Crippen molar-refractivity contribution in [3.8, 4) is 0 Å². The van der Waals surface area contributed by atoms with Crippen LogP contribution in [0.3, 0.4) is 0 Å². The highest BCUT2D eigenvalue weighted by molar-refractivity contribution is 6.69. The van der Waals surface area contributed by atoms with Gasteiger partial charge in [-0.05, 0) is 26.6 Å². The second kappa shape index (κ2) is 4.08. The Kier molecular flexibility index (Phi) is 4.13. The first kappa shape index (κ1) is 10.1. The molecule has 0 rings (SSSR count). The zero-order valence-electron chi connectivity index (χ0n) is 7.28. The van der Waals surface area contributed by atoms with Crippen LogP contribution in [-0.4, -0.2) is 21.1 Å². The van der Waals surface area contributed by atoms with Gasteiger partial charge in [0.25, 0.3) is 0 Å². The molecule has 0 aliphatic carbocycles. The minimum absolute atomic E-state index is 0.0941. The summed E-state index contributed by atoms with van der Waals surface area (Å²) in [7, 11) is -1.42. The molecule has 1 nitrogen and oxygen atoms in total. The molecule has 0 saturated carbocycles. The second-order valence-electron chi connectivity index (χ2n) is 3.52. The van der Waals surface area contributed by atoms with Crippen molar-refractivity contribution in [2.45, 2.75) is 39.1 Å². The lowest BCUT2D eigenvalue weighted by Crippen LogP contribution is -2.30. The summed E-state index contributed by atoms with van der Waals surface area (Å²) in [5, 5.41) is 0. The van der Waals surface area contributed by atoms with Gasteiger partial charge in [-0.25, -0.2) is 0 Å². The maximum Gasteiger partial charge on any atom is 0.184 e. The molecule has 0 heterocycles. The van der Waals surface area contributed by atoms with E-state index in [9.17, 15) is 4.39 Å². The van der Waals surface area contributed by atoms with E-state index in [1.54, 1.807) is 0 Å². The van der Waals surface area contributed by atoms with E-state index >= 15 is 0 Å². The average Bonchev–Trinajstić information content (AvgIpc) is 1.59. The normalized spacial score (nSPS) is 15.3. The summed E-state index contributed by atoms with van der Waals surface area (Å²) >= 11 is 0. The third kappa shape index (κ3) is 6.23. The van der Waals surface area contributed by atoms with Crippen LogP contribution in [0, 0.1) is 0 Å². The molecule has 0 N–H and O–H groups in total. The smallest absolute Gasteiger partial charge is 0.184 e. The lowest BCUT2D eigenvalue weighted by molar-refractivity contribution is 0.190. The average molecular weight is 164 g/mol. The summed E-state index contributed by atoms with van der Waals surface area (Å²) in [5.41, 5.74) is 0. The molecule has 0 spiro atoms. The van der Waals surface area contributed by atoms with Crippen molar-refractivity contribution in [2.24, 2.45) is 0 Å². The third-order valence-electron chi connectivity index (χ3n) is 1.07. The van der Waals surface area contributed by atoms with Crippen LogP contribution in [-0.2, 0) is 4.43 Å². The molecule has 0 aliphatic heterocycles. The van der Waals surface area contributed by atoms with E-state index in [1.807, 2.05) is 6.92 Å². The van der Waals surface area contributed by atoms with Gasteiger partial charge in [0.2, 0.25) is 0 Å². The number of rotatable bonds is 4. The fourth-order valence-electron chi connectivity index (χ4n) is 0.816. The maximum atomic E-state index is 11.8. The van der Waals surface area contributed by atoms with Crippen LogP contribution in [0.5, 0.6) is 0 Å². The van der Waals surface area contributed by atoms with Crippen molar-refractivity contribution >= 4 is 8.32 Å². The topological polar surface area (TPSA) is 9.23 Å². The molecule has 0 aromatic rings. The molecule has 0 aliphatic rings. The minimum Gasteiger partial charge on any atom is -0.415 e. The van der Waals surface area contributed by atoms with Gasteiger partial charge in [-0.2, -0.15) is 0 Å². The lowest BCUT2D eigenvalue weighted by atomic mass is 10.3. The Bertz CT molecular complexity index is 90.1. The standard InChI is InChI=1S/C7H17FOSi/c1-7(5-6-8)9-10(2,3)4/h7H,5-6H2,1-4H3. The SMILES string of the molecule is CC(CCF)O[Si](C)(C)C. The highest BCUT2D eigenvalue weighted by Gasteiger charge is 2.17. The predicted octanol–water partition coefficient (Wildman–Crippen LogP) is 2.59. The lowest BCUT2D eigenvalue weighted by Gasteiger charge is -2.22. The van der Waals surface area contributed by atoms with Crippen LogP contribution in [0.4, 0.5) is 4.39 Å². The van der Waals surface area contributed by atoms with Gasteiger partial charge in [0.05, 0.1) is 6.67 Å². The molecular weight excluding hydrogens is 147 g/mol. The molecule has 0 aromatic heterocycles. The molecule has 0 saturated heterocycles. The van der Waals surface area contributed by atoms with Crippen LogP contribution in [0.15, 0.2) is 0 Å². The second-order valence-corrected chi connectivity index (χ2v) is 7.98. The Hall–Kier alpha value is 0.107. The number of hydrogen-bond acceptors (Lipinski definition) is 1. The first-order valence-electron chi connectivity index (χ1n) is 3.69. The highest BCUT2D eigenvalue weighted by Crippen LogP contribution is 2.09. The molecule has 1 atom stereocenters. The third-order valence-corrected chi connectivity index (χ3v) is 2.18. The van der Waals surface area contributed by atoms with Gasteiger partial charge in [0, 0.05) is 12.5 Å². The maximum absolute atomic E-state index is 11.8. The summed E-state index contributed by atoms with van der Waals surface area (Å²) in [6.07, 6.45) is 0.626. The fraction of sp³-hybridized carbons (Fsp3) is 1.00. The van der Waals surface area contributed by atoms with E-state index in [0.29, 0.717) is 6.42 Å². The van der Waals surface area contributed by atoms with E-state index in [0.717, 1.165) is 0 Å². The van der Waals surface area contributed by atoms with Gasteiger partial charge in [-0.15, -0.1) is 0 Å². The number of halogens is 1. The summed E-state index contributed by atoms with van der Waals surface area (Å²) in [6.45, 7) is 7.99. The molecule has 62 valence electrons. The molecule has 0 bridgehead atoms. The Morgan fingerprint density at radius 1 is 1.40 bits per heavy atom. The molecule has 10 heavy (non-hydrogen) atoms. The molecule has 0 aromatic carbocycles. The minimum atomic E-state index is -1.42. The van der Waals surface area contributed by atoms with Crippen molar-refractivity contribution in [3.05, 3.63) is 0 Å². The molecule has 0 radical (unpaired) electrons. The van der Waals surface area contributed by atoms with Crippen molar-refractivity contribution < 1.29 is 8.82 Å². The Morgan fingerprint density at radius 2 is 1.90 bits per heavy atom. The van der Waals surface area contributed by atoms with Gasteiger partial charge < -0.3 is 4.43 Å². The number of alkyl halides is 1. The molecular formula is C7H17FOSi. The van der Waals surface area contributed by atoms with Gasteiger partial charge in [-0.1, -0.05) is 0 Å². The van der Waals surface area contributed by atoms with Crippen molar-refractivity contribution in [3.63, 3.8) is 0 Å². The van der Waals surface area contributed by atoms with E-state index in [-0.39, 0.29) is 12.8 Å². The van der Waals surface area contributed by atoms with Gasteiger partial charge in [0.15, 0.2) is 8.32 Å². The van der Waals surface area contributed by atoms with Crippen molar-refractivity contribution in [1.29, 1.82) is 0 Å². The zero-order chi connectivity index (χ0) is 8.20. The van der Waals surface area contributed by atoms with Gasteiger partial charge in [0.1, 0.15) is 0 Å². The summed E-state index contributed by atoms with van der Waals surface area (Å²) < 4.78 is 17.3.